The van der Waals surface area contributed by atoms with Crippen molar-refractivity contribution in [2.75, 3.05) is 17.7 Å². The maximum Gasteiger partial charge on any atom is 0.261 e. The van der Waals surface area contributed by atoms with Crippen LogP contribution in [0.4, 0.5) is 11.4 Å². The summed E-state index contributed by atoms with van der Waals surface area (Å²) in [7, 11) is 1.75. The molecule has 8 heteroatoms. The topological polar surface area (TPSA) is 120 Å². The zero-order valence-corrected chi connectivity index (χ0v) is 12.8. The van der Waals surface area contributed by atoms with Gasteiger partial charge in [0.05, 0.1) is 29.3 Å². The Morgan fingerprint density at radius 3 is 2.71 bits per heavy atom. The maximum atomic E-state index is 12.3. The number of anilines is 2. The molecule has 0 aliphatic rings. The summed E-state index contributed by atoms with van der Waals surface area (Å²) in [6, 6.07) is 7.00. The molecule has 1 amide bonds. The minimum atomic E-state index is -0.562. The second-order valence-electron chi connectivity index (χ2n) is 5.03. The predicted octanol–water partition coefficient (Wildman–Crippen LogP) is 1.10. The van der Waals surface area contributed by atoms with Crippen molar-refractivity contribution in [2.45, 2.75) is 6.61 Å². The van der Waals surface area contributed by atoms with Crippen LogP contribution >= 0.6 is 0 Å². The summed E-state index contributed by atoms with van der Waals surface area (Å²) < 4.78 is 0. The first-order valence-corrected chi connectivity index (χ1v) is 7.19. The molecule has 0 bridgehead atoms. The van der Waals surface area contributed by atoms with E-state index in [0.29, 0.717) is 11.2 Å². The number of para-hydroxylation sites is 1. The van der Waals surface area contributed by atoms with E-state index in [0.717, 1.165) is 11.1 Å². The first kappa shape index (κ1) is 15.6. The van der Waals surface area contributed by atoms with Crippen LogP contribution < -0.4 is 16.2 Å². The van der Waals surface area contributed by atoms with Crippen LogP contribution in [0.2, 0.25) is 0 Å². The van der Waals surface area contributed by atoms with Gasteiger partial charge in [0.2, 0.25) is 0 Å². The molecule has 0 fully saturated rings. The SMILES string of the molecule is CNc1cccc2cc(C(=O)Nc3cnc(CO)nc3)c(=O)[nH]c12. The summed E-state index contributed by atoms with van der Waals surface area (Å²) in [6.45, 7) is -0.285. The summed E-state index contributed by atoms with van der Waals surface area (Å²) in [5.41, 5.74) is 1.24. The van der Waals surface area contributed by atoms with Crippen LogP contribution in [-0.2, 0) is 6.61 Å². The zero-order chi connectivity index (χ0) is 17.1. The van der Waals surface area contributed by atoms with Gasteiger partial charge in [-0.15, -0.1) is 0 Å². The molecule has 0 atom stereocenters. The molecular weight excluding hydrogens is 310 g/mol. The van der Waals surface area contributed by atoms with Crippen molar-refractivity contribution in [2.24, 2.45) is 0 Å². The molecule has 0 radical (unpaired) electrons. The van der Waals surface area contributed by atoms with Crippen molar-refractivity contribution in [3.05, 3.63) is 58.4 Å². The molecule has 2 heterocycles. The Kier molecular flexibility index (Phi) is 4.21. The number of H-pyrrole nitrogens is 1. The molecule has 0 spiro atoms. The molecule has 3 rings (SSSR count). The first-order chi connectivity index (χ1) is 11.6. The number of fused-ring (bicyclic) bond motifs is 1. The van der Waals surface area contributed by atoms with Crippen LogP contribution in [0.5, 0.6) is 0 Å². The first-order valence-electron chi connectivity index (χ1n) is 7.19. The highest BCUT2D eigenvalue weighted by atomic mass is 16.3. The highest BCUT2D eigenvalue weighted by Gasteiger charge is 2.13. The lowest BCUT2D eigenvalue weighted by molar-refractivity contribution is 0.102. The number of aliphatic hydroxyl groups excluding tert-OH is 1. The van der Waals surface area contributed by atoms with Gasteiger partial charge in [0.1, 0.15) is 12.2 Å². The van der Waals surface area contributed by atoms with E-state index in [9.17, 15) is 9.59 Å². The van der Waals surface area contributed by atoms with Gasteiger partial charge in [0.15, 0.2) is 5.82 Å². The third-order valence-electron chi connectivity index (χ3n) is 3.50. The van der Waals surface area contributed by atoms with Crippen LogP contribution in [0.15, 0.2) is 41.5 Å². The fraction of sp³-hybridized carbons (Fsp3) is 0.125. The van der Waals surface area contributed by atoms with Crippen LogP contribution in [0.25, 0.3) is 10.9 Å². The lowest BCUT2D eigenvalue weighted by Crippen LogP contribution is -2.23. The van der Waals surface area contributed by atoms with Gasteiger partial charge >= 0.3 is 0 Å². The molecular formula is C16H15N5O3. The Labute approximate surface area is 136 Å². The molecule has 4 N–H and O–H groups in total. The number of rotatable bonds is 4. The summed E-state index contributed by atoms with van der Waals surface area (Å²) >= 11 is 0. The molecule has 2 aromatic heterocycles. The van der Waals surface area contributed by atoms with E-state index in [1.165, 1.54) is 18.5 Å². The number of hydrogen-bond donors (Lipinski definition) is 4. The molecule has 3 aromatic rings. The Hall–Kier alpha value is -3.26. The van der Waals surface area contributed by atoms with E-state index in [1.54, 1.807) is 7.05 Å². The van der Waals surface area contributed by atoms with E-state index in [1.807, 2.05) is 18.2 Å². The third-order valence-corrected chi connectivity index (χ3v) is 3.50. The summed E-state index contributed by atoms with van der Waals surface area (Å²) in [5, 5.41) is 15.2. The molecule has 0 saturated heterocycles. The minimum absolute atomic E-state index is 0.0120. The summed E-state index contributed by atoms with van der Waals surface area (Å²) in [5.74, 6) is -0.315. The van der Waals surface area contributed by atoms with Gasteiger partial charge in [-0.1, -0.05) is 12.1 Å². The number of aromatic nitrogens is 3. The number of nitrogens with zero attached hydrogens (tertiary/aromatic N) is 2. The molecule has 24 heavy (non-hydrogen) atoms. The number of pyridine rings is 1. The number of hydrogen-bond acceptors (Lipinski definition) is 6. The van der Waals surface area contributed by atoms with E-state index >= 15 is 0 Å². The Bertz CT molecular complexity index is 950. The number of aromatic amines is 1. The van der Waals surface area contributed by atoms with Crippen LogP contribution in [0, 0.1) is 0 Å². The van der Waals surface area contributed by atoms with E-state index in [4.69, 9.17) is 5.11 Å². The molecule has 1 aromatic carbocycles. The van der Waals surface area contributed by atoms with E-state index < -0.39 is 11.5 Å². The summed E-state index contributed by atoms with van der Waals surface area (Å²) in [6.07, 6.45) is 2.73. The van der Waals surface area contributed by atoms with Gasteiger partial charge in [-0.05, 0) is 12.1 Å². The molecule has 0 unspecified atom stereocenters. The van der Waals surface area contributed by atoms with Crippen LogP contribution in [0.3, 0.4) is 0 Å². The van der Waals surface area contributed by atoms with Crippen molar-refractivity contribution in [3.8, 4) is 0 Å². The van der Waals surface area contributed by atoms with E-state index in [-0.39, 0.29) is 18.0 Å². The van der Waals surface area contributed by atoms with Gasteiger partial charge < -0.3 is 20.7 Å². The van der Waals surface area contributed by atoms with Crippen molar-refractivity contribution >= 4 is 28.2 Å². The smallest absolute Gasteiger partial charge is 0.261 e. The number of carbonyl (C=O) groups excluding carboxylic acids is 1. The van der Waals surface area contributed by atoms with Gasteiger partial charge in [-0.25, -0.2) is 9.97 Å². The number of benzene rings is 1. The second kappa shape index (κ2) is 6.47. The minimum Gasteiger partial charge on any atom is -0.388 e. The zero-order valence-electron chi connectivity index (χ0n) is 12.8. The second-order valence-corrected chi connectivity index (χ2v) is 5.03. The average Bonchev–Trinajstić information content (AvgIpc) is 2.61. The quantitative estimate of drug-likeness (QED) is 0.570. The highest BCUT2D eigenvalue weighted by molar-refractivity contribution is 6.06. The van der Waals surface area contributed by atoms with E-state index in [2.05, 4.69) is 25.6 Å². The lowest BCUT2D eigenvalue weighted by atomic mass is 10.1. The predicted molar refractivity (Wildman–Crippen MR) is 90.0 cm³/mol. The highest BCUT2D eigenvalue weighted by Crippen LogP contribution is 2.20. The van der Waals surface area contributed by atoms with Gasteiger partial charge in [0.25, 0.3) is 11.5 Å². The van der Waals surface area contributed by atoms with Crippen molar-refractivity contribution in [1.82, 2.24) is 15.0 Å². The van der Waals surface area contributed by atoms with Crippen molar-refractivity contribution in [1.29, 1.82) is 0 Å². The summed E-state index contributed by atoms with van der Waals surface area (Å²) in [4.78, 5) is 35.0. The lowest BCUT2D eigenvalue weighted by Gasteiger charge is -2.08. The third kappa shape index (κ3) is 2.95. The Morgan fingerprint density at radius 2 is 2.04 bits per heavy atom. The molecule has 8 nitrogen and oxygen atoms in total. The Balaban J connectivity index is 1.94. The number of nitrogens with one attached hydrogen (secondary N) is 3. The van der Waals surface area contributed by atoms with Crippen molar-refractivity contribution in [3.63, 3.8) is 0 Å². The largest absolute Gasteiger partial charge is 0.388 e. The number of aliphatic hydroxyl groups is 1. The average molecular weight is 325 g/mol. The monoisotopic (exact) mass is 325 g/mol. The van der Waals surface area contributed by atoms with Crippen LogP contribution in [0.1, 0.15) is 16.2 Å². The Morgan fingerprint density at radius 1 is 1.29 bits per heavy atom. The van der Waals surface area contributed by atoms with Crippen LogP contribution in [-0.4, -0.2) is 33.0 Å². The van der Waals surface area contributed by atoms with Gasteiger partial charge in [-0.3, -0.25) is 9.59 Å². The van der Waals surface area contributed by atoms with Gasteiger partial charge in [0, 0.05) is 12.4 Å². The molecule has 0 saturated carbocycles. The fourth-order valence-corrected chi connectivity index (χ4v) is 2.31. The standard InChI is InChI=1S/C16H15N5O3/c1-17-12-4-2-3-9-5-11(16(24)21-14(9)12)15(23)20-10-6-18-13(8-22)19-7-10/h2-7,17,22H,8H2,1H3,(H,20,23)(H,21,24). The fourth-order valence-electron chi connectivity index (χ4n) is 2.31. The van der Waals surface area contributed by atoms with Gasteiger partial charge in [-0.2, -0.15) is 0 Å². The van der Waals surface area contributed by atoms with Crippen molar-refractivity contribution < 1.29 is 9.90 Å². The number of carbonyl (C=O) groups is 1. The normalized spacial score (nSPS) is 10.6. The molecule has 122 valence electrons. The maximum absolute atomic E-state index is 12.3. The molecule has 0 aliphatic heterocycles. The number of amides is 1. The molecule has 0 aliphatic carbocycles.